The number of hydrogen-bond donors (Lipinski definition) is 0. The summed E-state index contributed by atoms with van der Waals surface area (Å²) in [7, 11) is 0. The lowest BCUT2D eigenvalue weighted by molar-refractivity contribution is -0.146. The zero-order chi connectivity index (χ0) is 21.7. The van der Waals surface area contributed by atoms with E-state index in [1.165, 1.54) is 0 Å². The molecule has 3 rings (SSSR count). The Bertz CT molecular complexity index is 782. The molecule has 6 nitrogen and oxygen atoms in total. The Hall–Kier alpha value is -3.02. The van der Waals surface area contributed by atoms with Gasteiger partial charge in [-0.2, -0.15) is 0 Å². The number of ether oxygens (including phenoxy) is 2. The summed E-state index contributed by atoms with van der Waals surface area (Å²) in [5.74, 6) is 1.23. The van der Waals surface area contributed by atoms with Crippen molar-refractivity contribution in [2.45, 2.75) is 39.9 Å². The zero-order valence-electron chi connectivity index (χ0n) is 18.1. The highest BCUT2D eigenvalue weighted by molar-refractivity contribution is 5.83. The van der Waals surface area contributed by atoms with Gasteiger partial charge in [0, 0.05) is 26.2 Å². The van der Waals surface area contributed by atoms with E-state index in [0.717, 1.165) is 11.1 Å². The Balaban J connectivity index is 1.48. The summed E-state index contributed by atoms with van der Waals surface area (Å²) in [5.41, 5.74) is 2.28. The molecule has 1 aliphatic rings. The van der Waals surface area contributed by atoms with Crippen LogP contribution in [0.1, 0.15) is 25.0 Å². The number of rotatable bonds is 6. The van der Waals surface area contributed by atoms with E-state index in [1.807, 2.05) is 62.4 Å². The Labute approximate surface area is 178 Å². The summed E-state index contributed by atoms with van der Waals surface area (Å²) in [6.45, 7) is 9.49. The molecule has 0 aliphatic carbocycles. The number of hydrogen-bond acceptors (Lipinski definition) is 4. The van der Waals surface area contributed by atoms with Crippen LogP contribution in [0.15, 0.2) is 48.5 Å². The molecule has 0 saturated carbocycles. The highest BCUT2D eigenvalue weighted by Crippen LogP contribution is 2.17. The first-order valence-electron chi connectivity index (χ1n) is 10.4. The van der Waals surface area contributed by atoms with Crippen molar-refractivity contribution in [1.29, 1.82) is 0 Å². The Morgan fingerprint density at radius 1 is 0.667 bits per heavy atom. The average Bonchev–Trinajstić information content (AvgIpc) is 2.76. The summed E-state index contributed by atoms with van der Waals surface area (Å²) in [5, 5.41) is 0. The number of carbonyl (C=O) groups is 2. The van der Waals surface area contributed by atoms with E-state index in [4.69, 9.17) is 9.47 Å². The largest absolute Gasteiger partial charge is 0.481 e. The van der Waals surface area contributed by atoms with Gasteiger partial charge in [0.05, 0.1) is 0 Å². The predicted molar refractivity (Wildman–Crippen MR) is 116 cm³/mol. The maximum atomic E-state index is 12.7. The normalized spacial score (nSPS) is 16.0. The topological polar surface area (TPSA) is 59.1 Å². The second-order valence-corrected chi connectivity index (χ2v) is 7.80. The lowest BCUT2D eigenvalue weighted by Crippen LogP contribution is -2.55. The second-order valence-electron chi connectivity index (χ2n) is 7.80. The van der Waals surface area contributed by atoms with Gasteiger partial charge in [-0.15, -0.1) is 0 Å². The Kier molecular flexibility index (Phi) is 6.98. The lowest BCUT2D eigenvalue weighted by Gasteiger charge is -2.36. The number of benzene rings is 2. The predicted octanol–water partition coefficient (Wildman–Crippen LogP) is 3.21. The highest BCUT2D eigenvalue weighted by atomic mass is 16.5. The molecule has 0 unspecified atom stereocenters. The van der Waals surface area contributed by atoms with Crippen LogP contribution in [-0.2, 0) is 9.59 Å². The van der Waals surface area contributed by atoms with Crippen molar-refractivity contribution >= 4 is 11.8 Å². The third-order valence-corrected chi connectivity index (χ3v) is 5.27. The SMILES string of the molecule is Cc1ccc(O[C@@H](C)C(=O)N2CCN(C(=O)[C@@H](C)Oc3ccc(C)cc3)CC2)cc1. The number of amides is 2. The van der Waals surface area contributed by atoms with Crippen molar-refractivity contribution in [2.24, 2.45) is 0 Å². The number of nitrogens with zero attached hydrogens (tertiary/aromatic N) is 2. The smallest absolute Gasteiger partial charge is 0.263 e. The Morgan fingerprint density at radius 3 is 1.27 bits per heavy atom. The zero-order valence-corrected chi connectivity index (χ0v) is 18.1. The van der Waals surface area contributed by atoms with Crippen molar-refractivity contribution in [3.63, 3.8) is 0 Å². The molecular formula is C24H30N2O4. The van der Waals surface area contributed by atoms with Gasteiger partial charge >= 0.3 is 0 Å². The summed E-state index contributed by atoms with van der Waals surface area (Å²) in [6.07, 6.45) is -1.14. The first-order chi connectivity index (χ1) is 14.3. The van der Waals surface area contributed by atoms with Crippen LogP contribution in [0, 0.1) is 13.8 Å². The van der Waals surface area contributed by atoms with Crippen molar-refractivity contribution in [3.8, 4) is 11.5 Å². The number of carbonyl (C=O) groups excluding carboxylic acids is 2. The molecule has 0 N–H and O–H groups in total. The van der Waals surface area contributed by atoms with Gasteiger partial charge in [0.15, 0.2) is 12.2 Å². The van der Waals surface area contributed by atoms with E-state index in [-0.39, 0.29) is 11.8 Å². The van der Waals surface area contributed by atoms with Gasteiger partial charge in [0.1, 0.15) is 11.5 Å². The standard InChI is InChI=1S/C24H30N2O4/c1-17-5-9-21(10-6-17)29-19(3)23(27)25-13-15-26(16-14-25)24(28)20(4)30-22-11-7-18(2)8-12-22/h5-12,19-20H,13-16H2,1-4H3/t19-,20+. The molecule has 2 atom stereocenters. The van der Waals surface area contributed by atoms with Crippen LogP contribution >= 0.6 is 0 Å². The van der Waals surface area contributed by atoms with Crippen molar-refractivity contribution in [1.82, 2.24) is 9.80 Å². The summed E-state index contributed by atoms with van der Waals surface area (Å²) < 4.78 is 11.6. The average molecular weight is 411 g/mol. The van der Waals surface area contributed by atoms with Gasteiger partial charge in [-0.1, -0.05) is 35.4 Å². The van der Waals surface area contributed by atoms with E-state index in [0.29, 0.717) is 37.7 Å². The first kappa shape index (κ1) is 21.7. The fourth-order valence-corrected chi connectivity index (χ4v) is 3.40. The second kappa shape index (κ2) is 9.65. The van der Waals surface area contributed by atoms with E-state index in [9.17, 15) is 9.59 Å². The summed E-state index contributed by atoms with van der Waals surface area (Å²) in [6, 6.07) is 15.3. The molecule has 2 aromatic carbocycles. The van der Waals surface area contributed by atoms with Crippen molar-refractivity contribution in [3.05, 3.63) is 59.7 Å². The van der Waals surface area contributed by atoms with Crippen LogP contribution < -0.4 is 9.47 Å². The van der Waals surface area contributed by atoms with Crippen LogP contribution in [0.5, 0.6) is 11.5 Å². The minimum atomic E-state index is -0.571. The maximum Gasteiger partial charge on any atom is 0.263 e. The van der Waals surface area contributed by atoms with Crippen LogP contribution in [0.25, 0.3) is 0 Å². The molecule has 1 heterocycles. The van der Waals surface area contributed by atoms with Gasteiger partial charge in [-0.25, -0.2) is 0 Å². The Morgan fingerprint density at radius 2 is 0.967 bits per heavy atom. The van der Waals surface area contributed by atoms with E-state index in [2.05, 4.69) is 0 Å². The molecule has 1 aliphatic heterocycles. The summed E-state index contributed by atoms with van der Waals surface area (Å²) >= 11 is 0. The number of piperazine rings is 1. The molecule has 30 heavy (non-hydrogen) atoms. The van der Waals surface area contributed by atoms with E-state index >= 15 is 0 Å². The van der Waals surface area contributed by atoms with Crippen molar-refractivity contribution < 1.29 is 19.1 Å². The molecule has 2 amide bonds. The minimum absolute atomic E-state index is 0.0633. The van der Waals surface area contributed by atoms with Crippen LogP contribution in [0.4, 0.5) is 0 Å². The van der Waals surface area contributed by atoms with E-state index < -0.39 is 12.2 Å². The molecule has 1 fully saturated rings. The lowest BCUT2D eigenvalue weighted by atomic mass is 10.2. The monoisotopic (exact) mass is 410 g/mol. The molecule has 2 aromatic rings. The van der Waals surface area contributed by atoms with Crippen LogP contribution in [0.2, 0.25) is 0 Å². The third-order valence-electron chi connectivity index (χ3n) is 5.27. The molecule has 0 aromatic heterocycles. The van der Waals surface area contributed by atoms with Gasteiger partial charge in [-0.05, 0) is 52.0 Å². The molecule has 0 radical (unpaired) electrons. The molecule has 6 heteroatoms. The van der Waals surface area contributed by atoms with Crippen LogP contribution in [-0.4, -0.2) is 60.0 Å². The number of aryl methyl sites for hydroxylation is 2. The maximum absolute atomic E-state index is 12.7. The fraction of sp³-hybridized carbons (Fsp3) is 0.417. The fourth-order valence-electron chi connectivity index (χ4n) is 3.40. The molecule has 0 spiro atoms. The van der Waals surface area contributed by atoms with Crippen molar-refractivity contribution in [2.75, 3.05) is 26.2 Å². The van der Waals surface area contributed by atoms with Gasteiger partial charge < -0.3 is 19.3 Å². The minimum Gasteiger partial charge on any atom is -0.481 e. The van der Waals surface area contributed by atoms with Gasteiger partial charge in [0.2, 0.25) is 0 Å². The molecular weight excluding hydrogens is 380 g/mol. The molecule has 160 valence electrons. The van der Waals surface area contributed by atoms with Crippen LogP contribution in [0.3, 0.4) is 0 Å². The first-order valence-corrected chi connectivity index (χ1v) is 10.4. The van der Waals surface area contributed by atoms with E-state index in [1.54, 1.807) is 23.6 Å². The third kappa shape index (κ3) is 5.53. The molecule has 1 saturated heterocycles. The summed E-state index contributed by atoms with van der Waals surface area (Å²) in [4.78, 5) is 29.0. The molecule has 0 bridgehead atoms. The van der Waals surface area contributed by atoms with Gasteiger partial charge in [0.25, 0.3) is 11.8 Å². The highest BCUT2D eigenvalue weighted by Gasteiger charge is 2.30. The van der Waals surface area contributed by atoms with Gasteiger partial charge in [-0.3, -0.25) is 9.59 Å². The quantitative estimate of drug-likeness (QED) is 0.734.